The summed E-state index contributed by atoms with van der Waals surface area (Å²) in [7, 11) is 0. The molecule has 118 valence electrons. The first kappa shape index (κ1) is 17.0. The third-order valence-electron chi connectivity index (χ3n) is 3.44. The molecule has 2 rings (SSSR count). The van der Waals surface area contributed by atoms with Gasteiger partial charge in [-0.2, -0.15) is 0 Å². The van der Waals surface area contributed by atoms with Crippen LogP contribution in [0.25, 0.3) is 0 Å². The number of aryl methyl sites for hydroxylation is 2. The minimum absolute atomic E-state index is 0.339. The minimum Gasteiger partial charge on any atom is -0.366 e. The highest BCUT2D eigenvalue weighted by Crippen LogP contribution is 2.28. The fourth-order valence-electron chi connectivity index (χ4n) is 2.09. The van der Waals surface area contributed by atoms with E-state index in [1.807, 2.05) is 56.3 Å². The number of hydrogen-bond donors (Lipinski definition) is 1. The third-order valence-corrected chi connectivity index (χ3v) is 3.97. The zero-order chi connectivity index (χ0) is 17.0. The molecule has 0 bridgehead atoms. The van der Waals surface area contributed by atoms with Gasteiger partial charge in [-0.05, 0) is 61.4 Å². The van der Waals surface area contributed by atoms with Gasteiger partial charge in [-0.25, -0.2) is 0 Å². The summed E-state index contributed by atoms with van der Waals surface area (Å²) in [5.74, 6) is -0.997. The molecule has 0 saturated heterocycles. The number of anilines is 2. The van der Waals surface area contributed by atoms with Gasteiger partial charge >= 0.3 is 0 Å². The van der Waals surface area contributed by atoms with Gasteiger partial charge < -0.3 is 5.73 Å². The van der Waals surface area contributed by atoms with E-state index in [2.05, 4.69) is 15.9 Å². The topological polar surface area (TPSA) is 63.4 Å². The first-order valence-electron chi connectivity index (χ1n) is 7.03. The van der Waals surface area contributed by atoms with Crippen molar-refractivity contribution in [1.82, 2.24) is 0 Å². The molecule has 0 saturated carbocycles. The third kappa shape index (κ3) is 4.29. The van der Waals surface area contributed by atoms with Crippen LogP contribution in [-0.4, -0.2) is 11.8 Å². The van der Waals surface area contributed by atoms with Crippen LogP contribution in [0.2, 0.25) is 0 Å². The van der Waals surface area contributed by atoms with Gasteiger partial charge in [0.25, 0.3) is 5.91 Å². The van der Waals surface area contributed by atoms with Crippen LogP contribution in [0.4, 0.5) is 11.4 Å². The van der Waals surface area contributed by atoms with E-state index in [9.17, 15) is 9.59 Å². The quantitative estimate of drug-likeness (QED) is 0.830. The lowest BCUT2D eigenvalue weighted by Crippen LogP contribution is -2.24. The fraction of sp³-hybridized carbons (Fsp3) is 0.111. The van der Waals surface area contributed by atoms with Crippen LogP contribution in [0.1, 0.15) is 11.1 Å². The number of rotatable bonds is 4. The minimum atomic E-state index is -0.658. The molecule has 0 aliphatic carbocycles. The maximum absolute atomic E-state index is 12.5. The van der Waals surface area contributed by atoms with Gasteiger partial charge in [0.1, 0.15) is 0 Å². The highest BCUT2D eigenvalue weighted by molar-refractivity contribution is 9.10. The smallest absolute Gasteiger partial charge is 0.255 e. The number of carbonyl (C=O) groups excluding carboxylic acids is 2. The maximum atomic E-state index is 12.5. The Hall–Kier alpha value is -2.40. The molecule has 0 atom stereocenters. The summed E-state index contributed by atoms with van der Waals surface area (Å²) >= 11 is 3.38. The number of nitrogens with zero attached hydrogens (tertiary/aromatic N) is 1. The summed E-state index contributed by atoms with van der Waals surface area (Å²) in [4.78, 5) is 25.0. The van der Waals surface area contributed by atoms with Crippen molar-refractivity contribution in [3.63, 3.8) is 0 Å². The molecule has 2 aromatic carbocycles. The van der Waals surface area contributed by atoms with E-state index in [4.69, 9.17) is 5.73 Å². The number of benzene rings is 2. The summed E-state index contributed by atoms with van der Waals surface area (Å²) in [6.45, 7) is 4.00. The predicted molar refractivity (Wildman–Crippen MR) is 95.5 cm³/mol. The summed E-state index contributed by atoms with van der Waals surface area (Å²) in [5, 5.41) is 0. The zero-order valence-corrected chi connectivity index (χ0v) is 14.5. The van der Waals surface area contributed by atoms with E-state index in [1.54, 1.807) is 0 Å². The first-order valence-corrected chi connectivity index (χ1v) is 7.82. The lowest BCUT2D eigenvalue weighted by atomic mass is 10.1. The Bertz CT molecular complexity index is 767. The van der Waals surface area contributed by atoms with Gasteiger partial charge in [-0.1, -0.05) is 22.0 Å². The molecule has 0 aliphatic heterocycles. The number of nitrogens with two attached hydrogens (primary N) is 1. The van der Waals surface area contributed by atoms with Gasteiger partial charge in [0.05, 0.1) is 0 Å². The van der Waals surface area contributed by atoms with E-state index in [-0.39, 0.29) is 5.91 Å². The van der Waals surface area contributed by atoms with Crippen LogP contribution in [-0.2, 0) is 9.59 Å². The van der Waals surface area contributed by atoms with Gasteiger partial charge in [0.15, 0.2) is 0 Å². The van der Waals surface area contributed by atoms with Crippen LogP contribution in [0.3, 0.4) is 0 Å². The van der Waals surface area contributed by atoms with Crippen molar-refractivity contribution in [3.8, 4) is 0 Å². The molecule has 0 radical (unpaired) electrons. The van der Waals surface area contributed by atoms with Crippen molar-refractivity contribution in [2.24, 2.45) is 5.73 Å². The SMILES string of the molecule is Cc1ccc(N(C(=O)/C=C\C(N)=O)c2ccc(Br)cc2)cc1C. The number of primary amides is 1. The van der Waals surface area contributed by atoms with Crippen molar-refractivity contribution >= 4 is 39.1 Å². The summed E-state index contributed by atoms with van der Waals surface area (Å²) in [6, 6.07) is 13.1. The van der Waals surface area contributed by atoms with Crippen molar-refractivity contribution in [2.45, 2.75) is 13.8 Å². The lowest BCUT2D eigenvalue weighted by molar-refractivity contribution is -0.115. The van der Waals surface area contributed by atoms with Crippen LogP contribution in [0.15, 0.2) is 59.1 Å². The maximum Gasteiger partial charge on any atom is 0.255 e. The van der Waals surface area contributed by atoms with E-state index in [1.165, 1.54) is 11.0 Å². The Morgan fingerprint density at radius 3 is 2.13 bits per heavy atom. The van der Waals surface area contributed by atoms with Crippen molar-refractivity contribution in [2.75, 3.05) is 4.90 Å². The van der Waals surface area contributed by atoms with Crippen LogP contribution in [0, 0.1) is 13.8 Å². The number of hydrogen-bond acceptors (Lipinski definition) is 2. The molecule has 0 aliphatic rings. The fourth-order valence-corrected chi connectivity index (χ4v) is 2.35. The highest BCUT2D eigenvalue weighted by atomic mass is 79.9. The summed E-state index contributed by atoms with van der Waals surface area (Å²) < 4.78 is 0.918. The number of halogens is 1. The van der Waals surface area contributed by atoms with Gasteiger partial charge in [-0.3, -0.25) is 14.5 Å². The second-order valence-electron chi connectivity index (χ2n) is 5.15. The van der Waals surface area contributed by atoms with Crippen molar-refractivity contribution < 1.29 is 9.59 Å². The Morgan fingerprint density at radius 2 is 1.57 bits per heavy atom. The first-order chi connectivity index (χ1) is 10.9. The molecule has 23 heavy (non-hydrogen) atoms. The van der Waals surface area contributed by atoms with Gasteiger partial charge in [0.2, 0.25) is 5.91 Å². The normalized spacial score (nSPS) is 10.7. The highest BCUT2D eigenvalue weighted by Gasteiger charge is 2.16. The van der Waals surface area contributed by atoms with E-state index in [0.717, 1.165) is 27.4 Å². The molecular formula is C18H17BrN2O2. The molecule has 4 nitrogen and oxygen atoms in total. The average molecular weight is 373 g/mol. The van der Waals surface area contributed by atoms with Crippen LogP contribution < -0.4 is 10.6 Å². The number of carbonyl (C=O) groups is 2. The van der Waals surface area contributed by atoms with E-state index >= 15 is 0 Å². The Kier molecular flexibility index (Phi) is 5.34. The van der Waals surface area contributed by atoms with E-state index < -0.39 is 5.91 Å². The summed E-state index contributed by atoms with van der Waals surface area (Å²) in [6.07, 6.45) is 2.24. The molecule has 0 fully saturated rings. The zero-order valence-electron chi connectivity index (χ0n) is 12.9. The largest absolute Gasteiger partial charge is 0.366 e. The Labute approximate surface area is 143 Å². The molecular weight excluding hydrogens is 356 g/mol. The molecule has 0 spiro atoms. The summed E-state index contributed by atoms with van der Waals surface area (Å²) in [5.41, 5.74) is 8.74. The standard InChI is InChI=1S/C18H17BrN2O2/c1-12-3-6-16(11-13(12)2)21(18(23)10-9-17(20)22)15-7-4-14(19)5-8-15/h3-11H,1-2H3,(H2,20,22)/b10-9-. The van der Waals surface area contributed by atoms with Gasteiger partial charge in [0, 0.05) is 28.0 Å². The van der Waals surface area contributed by atoms with Crippen molar-refractivity contribution in [1.29, 1.82) is 0 Å². The monoisotopic (exact) mass is 372 g/mol. The van der Waals surface area contributed by atoms with Gasteiger partial charge in [-0.15, -0.1) is 0 Å². The molecule has 0 aromatic heterocycles. The van der Waals surface area contributed by atoms with E-state index in [0.29, 0.717) is 5.69 Å². The predicted octanol–water partition coefficient (Wildman–Crippen LogP) is 3.77. The average Bonchev–Trinajstić information content (AvgIpc) is 2.51. The second kappa shape index (κ2) is 7.24. The number of amides is 2. The Morgan fingerprint density at radius 1 is 0.957 bits per heavy atom. The molecule has 0 heterocycles. The van der Waals surface area contributed by atoms with Crippen LogP contribution >= 0.6 is 15.9 Å². The van der Waals surface area contributed by atoms with Crippen molar-refractivity contribution in [3.05, 3.63) is 70.2 Å². The van der Waals surface area contributed by atoms with Crippen LogP contribution in [0.5, 0.6) is 0 Å². The Balaban J connectivity index is 2.50. The molecule has 2 aromatic rings. The molecule has 2 N–H and O–H groups in total. The lowest BCUT2D eigenvalue weighted by Gasteiger charge is -2.22. The molecule has 0 unspecified atom stereocenters. The second-order valence-corrected chi connectivity index (χ2v) is 6.07. The molecule has 5 heteroatoms. The molecule has 2 amide bonds.